The molecule has 166 valence electrons. The van der Waals surface area contributed by atoms with Crippen molar-refractivity contribution in [3.8, 4) is 11.5 Å². The predicted octanol–water partition coefficient (Wildman–Crippen LogP) is 5.31. The molecule has 0 saturated heterocycles. The van der Waals surface area contributed by atoms with Crippen LogP contribution < -0.4 is 9.47 Å². The Morgan fingerprint density at radius 3 is 2.38 bits per heavy atom. The Hall–Kier alpha value is -2.84. The number of aryl methyl sites for hydroxylation is 1. The van der Waals surface area contributed by atoms with Crippen molar-refractivity contribution in [2.75, 3.05) is 14.2 Å². The highest BCUT2D eigenvalue weighted by atomic mass is 79.9. The molecule has 0 aliphatic carbocycles. The Labute approximate surface area is 196 Å². The molecule has 0 radical (unpaired) electrons. The Balaban J connectivity index is 1.87. The standard InChI is InChI=1S/C24H23BrN2O4S/c1-16-6-4-5-7-24(16)32(28,29)27-22(20-14-19(30-2)12-13-23(20)31-3)15-21(26-27)17-8-10-18(25)11-9-17/h4-14,22H,15H2,1-3H3/t22-/m1/s1. The second-order valence-corrected chi connectivity index (χ2v) is 10.1. The highest BCUT2D eigenvalue weighted by Gasteiger charge is 2.39. The van der Waals surface area contributed by atoms with Gasteiger partial charge in [0.15, 0.2) is 0 Å². The highest BCUT2D eigenvalue weighted by Crippen LogP contribution is 2.42. The normalized spacial score (nSPS) is 16.1. The van der Waals surface area contributed by atoms with E-state index >= 15 is 0 Å². The Morgan fingerprint density at radius 2 is 1.72 bits per heavy atom. The molecule has 3 aromatic carbocycles. The fourth-order valence-corrected chi connectivity index (χ4v) is 5.73. The second-order valence-electron chi connectivity index (χ2n) is 7.42. The van der Waals surface area contributed by atoms with Gasteiger partial charge in [0, 0.05) is 16.5 Å². The lowest BCUT2D eigenvalue weighted by atomic mass is 9.98. The van der Waals surface area contributed by atoms with Gasteiger partial charge in [-0.15, -0.1) is 0 Å². The largest absolute Gasteiger partial charge is 0.497 e. The van der Waals surface area contributed by atoms with Gasteiger partial charge in [-0.25, -0.2) is 0 Å². The maximum absolute atomic E-state index is 13.8. The summed E-state index contributed by atoms with van der Waals surface area (Å²) in [5.74, 6) is 1.19. The summed E-state index contributed by atoms with van der Waals surface area (Å²) in [6, 6.07) is 19.4. The van der Waals surface area contributed by atoms with Gasteiger partial charge < -0.3 is 9.47 Å². The van der Waals surface area contributed by atoms with Crippen LogP contribution in [0.4, 0.5) is 0 Å². The average molecular weight is 515 g/mol. The number of methoxy groups -OCH3 is 2. The molecule has 0 saturated carbocycles. The van der Waals surface area contributed by atoms with Gasteiger partial charge in [0.2, 0.25) is 0 Å². The van der Waals surface area contributed by atoms with Crippen molar-refractivity contribution >= 4 is 31.7 Å². The summed E-state index contributed by atoms with van der Waals surface area (Å²) in [5.41, 5.74) is 2.91. The van der Waals surface area contributed by atoms with Crippen LogP contribution >= 0.6 is 15.9 Å². The third kappa shape index (κ3) is 4.12. The van der Waals surface area contributed by atoms with Gasteiger partial charge in [-0.3, -0.25) is 0 Å². The molecule has 8 heteroatoms. The smallest absolute Gasteiger partial charge is 0.279 e. The molecule has 0 aromatic heterocycles. The van der Waals surface area contributed by atoms with Crippen molar-refractivity contribution < 1.29 is 17.9 Å². The first kappa shape index (κ1) is 22.4. The zero-order valence-electron chi connectivity index (χ0n) is 17.9. The molecule has 32 heavy (non-hydrogen) atoms. The highest BCUT2D eigenvalue weighted by molar-refractivity contribution is 9.10. The topological polar surface area (TPSA) is 68.2 Å². The van der Waals surface area contributed by atoms with Crippen molar-refractivity contribution in [3.63, 3.8) is 0 Å². The average Bonchev–Trinajstić information content (AvgIpc) is 3.25. The lowest BCUT2D eigenvalue weighted by molar-refractivity contribution is 0.346. The first-order valence-electron chi connectivity index (χ1n) is 10.0. The van der Waals surface area contributed by atoms with Crippen molar-refractivity contribution in [1.82, 2.24) is 4.41 Å². The van der Waals surface area contributed by atoms with Crippen molar-refractivity contribution in [2.45, 2.75) is 24.3 Å². The van der Waals surface area contributed by atoms with E-state index in [9.17, 15) is 8.42 Å². The number of hydrogen-bond acceptors (Lipinski definition) is 5. The van der Waals surface area contributed by atoms with Crippen LogP contribution in [0.5, 0.6) is 11.5 Å². The van der Waals surface area contributed by atoms with Crippen LogP contribution in [0.2, 0.25) is 0 Å². The number of hydrogen-bond donors (Lipinski definition) is 0. The fourth-order valence-electron chi connectivity index (χ4n) is 3.81. The van der Waals surface area contributed by atoms with Crippen LogP contribution in [0.15, 0.2) is 81.2 Å². The van der Waals surface area contributed by atoms with Crippen molar-refractivity contribution in [2.24, 2.45) is 5.10 Å². The van der Waals surface area contributed by atoms with E-state index in [1.165, 1.54) is 4.41 Å². The summed E-state index contributed by atoms with van der Waals surface area (Å²) >= 11 is 3.44. The molecular formula is C24H23BrN2O4S. The number of halogens is 1. The number of ether oxygens (including phenoxy) is 2. The van der Waals surface area contributed by atoms with Gasteiger partial charge in [-0.05, 0) is 54.4 Å². The predicted molar refractivity (Wildman–Crippen MR) is 128 cm³/mol. The summed E-state index contributed by atoms with van der Waals surface area (Å²) in [5, 5.41) is 4.62. The maximum atomic E-state index is 13.8. The number of nitrogens with zero attached hydrogens (tertiary/aromatic N) is 2. The molecule has 0 N–H and O–H groups in total. The Morgan fingerprint density at radius 1 is 1.00 bits per heavy atom. The van der Waals surface area contributed by atoms with E-state index in [4.69, 9.17) is 9.47 Å². The zero-order chi connectivity index (χ0) is 22.9. The number of sulfonamides is 1. The molecule has 1 heterocycles. The van der Waals surface area contributed by atoms with Gasteiger partial charge in [-0.2, -0.15) is 17.9 Å². The summed E-state index contributed by atoms with van der Waals surface area (Å²) in [6.45, 7) is 1.78. The number of rotatable bonds is 6. The minimum absolute atomic E-state index is 0.229. The molecule has 0 bridgehead atoms. The van der Waals surface area contributed by atoms with E-state index in [2.05, 4.69) is 21.0 Å². The molecule has 0 fully saturated rings. The Bertz CT molecular complexity index is 1270. The van der Waals surface area contributed by atoms with Gasteiger partial charge in [0.25, 0.3) is 10.0 Å². The minimum Gasteiger partial charge on any atom is -0.497 e. The van der Waals surface area contributed by atoms with E-state index < -0.39 is 16.1 Å². The third-order valence-corrected chi connectivity index (χ3v) is 7.83. The first-order valence-corrected chi connectivity index (χ1v) is 12.2. The molecule has 1 atom stereocenters. The van der Waals surface area contributed by atoms with Gasteiger partial charge in [0.05, 0.1) is 30.9 Å². The summed E-state index contributed by atoms with van der Waals surface area (Å²) < 4.78 is 40.6. The quantitative estimate of drug-likeness (QED) is 0.446. The summed E-state index contributed by atoms with van der Waals surface area (Å²) in [4.78, 5) is 0.229. The molecule has 0 unspecified atom stereocenters. The van der Waals surface area contributed by atoms with E-state index in [0.29, 0.717) is 34.8 Å². The summed E-state index contributed by atoms with van der Waals surface area (Å²) in [6.07, 6.45) is 0.399. The van der Waals surface area contributed by atoms with E-state index in [1.54, 1.807) is 51.5 Å². The van der Waals surface area contributed by atoms with Gasteiger partial charge in [-0.1, -0.05) is 46.3 Å². The zero-order valence-corrected chi connectivity index (χ0v) is 20.4. The van der Waals surface area contributed by atoms with Crippen molar-refractivity contribution in [3.05, 3.63) is 87.9 Å². The lowest BCUT2D eigenvalue weighted by Crippen LogP contribution is -2.28. The minimum atomic E-state index is -3.92. The van der Waals surface area contributed by atoms with Crippen LogP contribution in [0, 0.1) is 6.92 Å². The van der Waals surface area contributed by atoms with Crippen molar-refractivity contribution in [1.29, 1.82) is 0 Å². The molecule has 0 spiro atoms. The monoisotopic (exact) mass is 514 g/mol. The van der Waals surface area contributed by atoms with E-state index in [0.717, 1.165) is 10.0 Å². The molecular weight excluding hydrogens is 492 g/mol. The number of benzene rings is 3. The molecule has 1 aliphatic heterocycles. The van der Waals surface area contributed by atoms with Crippen LogP contribution in [0.3, 0.4) is 0 Å². The molecule has 4 rings (SSSR count). The molecule has 3 aromatic rings. The fraction of sp³-hybridized carbons (Fsp3) is 0.208. The lowest BCUT2D eigenvalue weighted by Gasteiger charge is -2.25. The summed E-state index contributed by atoms with van der Waals surface area (Å²) in [7, 11) is -0.778. The van der Waals surface area contributed by atoms with Gasteiger partial charge in [0.1, 0.15) is 11.5 Å². The Kier molecular flexibility index (Phi) is 6.26. The van der Waals surface area contributed by atoms with Crippen LogP contribution in [-0.2, 0) is 10.0 Å². The first-order chi connectivity index (χ1) is 15.3. The molecule has 0 amide bonds. The van der Waals surface area contributed by atoms with E-state index in [1.807, 2.05) is 36.4 Å². The molecule has 6 nitrogen and oxygen atoms in total. The van der Waals surface area contributed by atoms with E-state index in [-0.39, 0.29) is 4.90 Å². The molecule has 1 aliphatic rings. The van der Waals surface area contributed by atoms with Crippen LogP contribution in [0.1, 0.15) is 29.2 Å². The van der Waals surface area contributed by atoms with Crippen LogP contribution in [0.25, 0.3) is 0 Å². The number of hydrazone groups is 1. The maximum Gasteiger partial charge on any atom is 0.279 e. The second kappa shape index (κ2) is 8.96. The van der Waals surface area contributed by atoms with Crippen LogP contribution in [-0.4, -0.2) is 32.8 Å². The SMILES string of the molecule is COc1ccc(OC)c([C@H]2CC(c3ccc(Br)cc3)=NN2S(=O)(=O)c2ccccc2C)c1. The van der Waals surface area contributed by atoms with Gasteiger partial charge >= 0.3 is 0 Å². The third-order valence-electron chi connectivity index (χ3n) is 5.46.